The molecule has 0 fully saturated rings. The molecule has 0 unspecified atom stereocenters. The molecule has 104 valence electrons. The lowest BCUT2D eigenvalue weighted by atomic mass is 10.2. The fourth-order valence-electron chi connectivity index (χ4n) is 2.05. The van der Waals surface area contributed by atoms with Gasteiger partial charge in [0, 0.05) is 16.8 Å². The van der Waals surface area contributed by atoms with E-state index in [2.05, 4.69) is 73.8 Å². The maximum atomic E-state index is 4.88. The topological polar surface area (TPSA) is 12.4 Å². The molecule has 0 atom stereocenters. The summed E-state index contributed by atoms with van der Waals surface area (Å²) in [6.07, 6.45) is 7.01. The molecule has 2 heteroatoms. The first-order chi connectivity index (χ1) is 9.92. The summed E-state index contributed by atoms with van der Waals surface area (Å²) in [7, 11) is -0.602. The smallest absolute Gasteiger partial charge is 0.0775 e. The van der Waals surface area contributed by atoms with Gasteiger partial charge in [0.05, 0.1) is 8.07 Å². The maximum absolute atomic E-state index is 4.88. The van der Waals surface area contributed by atoms with Gasteiger partial charge < -0.3 is 0 Å². The first kappa shape index (κ1) is 14.9. The third kappa shape index (κ3) is 4.58. The summed E-state index contributed by atoms with van der Waals surface area (Å²) >= 11 is 0. The lowest BCUT2D eigenvalue weighted by molar-refractivity contribution is 0.746. The number of rotatable bonds is 7. The van der Waals surface area contributed by atoms with Crippen LogP contribution >= 0.6 is 8.07 Å². The third-order valence-electron chi connectivity index (χ3n) is 3.14. The van der Waals surface area contributed by atoms with Gasteiger partial charge in [0.15, 0.2) is 0 Å². The van der Waals surface area contributed by atoms with Crippen LogP contribution in [0.2, 0.25) is 0 Å². The highest BCUT2D eigenvalue weighted by Gasteiger charge is 2.10. The van der Waals surface area contributed by atoms with Crippen molar-refractivity contribution >= 4 is 24.9 Å². The minimum absolute atomic E-state index is 0.602. The summed E-state index contributed by atoms with van der Waals surface area (Å²) in [6, 6.07) is 21.2. The highest BCUT2D eigenvalue weighted by molar-refractivity contribution is 7.71. The minimum atomic E-state index is -0.602. The van der Waals surface area contributed by atoms with E-state index >= 15 is 0 Å². The van der Waals surface area contributed by atoms with Gasteiger partial charge in [0.1, 0.15) is 0 Å². The van der Waals surface area contributed by atoms with Gasteiger partial charge in [-0.15, -0.1) is 0 Å². The van der Waals surface area contributed by atoms with Crippen molar-refractivity contribution in [2.24, 2.45) is 4.76 Å². The molecule has 0 amide bonds. The van der Waals surface area contributed by atoms with E-state index in [-0.39, 0.29) is 0 Å². The SMILES string of the molecule is CCCCC/C=N/P(c1ccccc1)c1ccccc1. The first-order valence-corrected chi connectivity index (χ1v) is 8.64. The molecule has 2 aromatic carbocycles. The average Bonchev–Trinajstić information content (AvgIpc) is 2.53. The highest BCUT2D eigenvalue weighted by Crippen LogP contribution is 2.34. The van der Waals surface area contributed by atoms with Crippen LogP contribution in [-0.2, 0) is 0 Å². The second-order valence-corrected chi connectivity index (χ2v) is 6.66. The van der Waals surface area contributed by atoms with Crippen LogP contribution in [-0.4, -0.2) is 6.21 Å². The van der Waals surface area contributed by atoms with E-state index < -0.39 is 8.07 Å². The number of hydrogen-bond donors (Lipinski definition) is 0. The molecular weight excluding hydrogens is 261 g/mol. The molecule has 2 rings (SSSR count). The van der Waals surface area contributed by atoms with Crippen LogP contribution in [0.1, 0.15) is 32.6 Å². The van der Waals surface area contributed by atoms with Crippen LogP contribution in [0.5, 0.6) is 0 Å². The lowest BCUT2D eigenvalue weighted by Crippen LogP contribution is -2.09. The van der Waals surface area contributed by atoms with Gasteiger partial charge in [-0.3, -0.25) is 4.76 Å². The fraction of sp³-hybridized carbons (Fsp3) is 0.278. The molecule has 0 aromatic heterocycles. The summed E-state index contributed by atoms with van der Waals surface area (Å²) in [5, 5.41) is 2.64. The van der Waals surface area contributed by atoms with E-state index in [1.807, 2.05) is 0 Å². The molecule has 1 nitrogen and oxygen atoms in total. The maximum Gasteiger partial charge on any atom is 0.0775 e. The van der Waals surface area contributed by atoms with Crippen molar-refractivity contribution < 1.29 is 0 Å². The Kier molecular flexibility index (Phi) is 6.47. The zero-order valence-electron chi connectivity index (χ0n) is 12.1. The lowest BCUT2D eigenvalue weighted by Gasteiger charge is -2.13. The summed E-state index contributed by atoms with van der Waals surface area (Å²) in [5.41, 5.74) is 0. The Balaban J connectivity index is 2.13. The van der Waals surface area contributed by atoms with Gasteiger partial charge in [-0.2, -0.15) is 0 Å². The van der Waals surface area contributed by atoms with E-state index in [9.17, 15) is 0 Å². The van der Waals surface area contributed by atoms with Gasteiger partial charge in [-0.1, -0.05) is 80.4 Å². The van der Waals surface area contributed by atoms with Crippen LogP contribution in [0.15, 0.2) is 65.4 Å². The molecule has 0 saturated heterocycles. The Morgan fingerprint density at radius 2 is 1.40 bits per heavy atom. The van der Waals surface area contributed by atoms with Gasteiger partial charge in [0.2, 0.25) is 0 Å². The average molecular weight is 283 g/mol. The Labute approximate surface area is 123 Å². The van der Waals surface area contributed by atoms with E-state index in [0.717, 1.165) is 6.42 Å². The Hall–Kier alpha value is -1.46. The second kappa shape index (κ2) is 8.66. The van der Waals surface area contributed by atoms with E-state index in [1.54, 1.807) is 0 Å². The molecule has 0 saturated carbocycles. The molecule has 0 N–H and O–H groups in total. The van der Waals surface area contributed by atoms with Crippen molar-refractivity contribution in [3.05, 3.63) is 60.7 Å². The predicted molar refractivity (Wildman–Crippen MR) is 91.7 cm³/mol. The fourth-order valence-corrected chi connectivity index (χ4v) is 3.80. The van der Waals surface area contributed by atoms with Gasteiger partial charge in [-0.25, -0.2) is 0 Å². The van der Waals surface area contributed by atoms with Gasteiger partial charge in [0.25, 0.3) is 0 Å². The standard InChI is InChI=1S/C18H22NP/c1-2-3-4-11-16-19-20(17-12-7-5-8-13-17)18-14-9-6-10-15-18/h5-10,12-16H,2-4,11H2,1H3/b19-16+. The zero-order chi connectivity index (χ0) is 14.0. The molecular formula is C18H22NP. The number of benzene rings is 2. The van der Waals surface area contributed by atoms with E-state index in [1.165, 1.54) is 29.9 Å². The zero-order valence-corrected chi connectivity index (χ0v) is 13.0. The number of hydrogen-bond acceptors (Lipinski definition) is 1. The van der Waals surface area contributed by atoms with Gasteiger partial charge >= 0.3 is 0 Å². The van der Waals surface area contributed by atoms with Crippen LogP contribution in [0, 0.1) is 0 Å². The molecule has 2 aromatic rings. The third-order valence-corrected chi connectivity index (χ3v) is 5.10. The van der Waals surface area contributed by atoms with Gasteiger partial charge in [-0.05, 0) is 12.8 Å². The Morgan fingerprint density at radius 3 is 1.90 bits per heavy atom. The number of unbranched alkanes of at least 4 members (excludes halogenated alkanes) is 3. The van der Waals surface area contributed by atoms with Crippen LogP contribution in [0.25, 0.3) is 0 Å². The molecule has 0 bridgehead atoms. The van der Waals surface area contributed by atoms with Crippen LogP contribution < -0.4 is 10.6 Å². The summed E-state index contributed by atoms with van der Waals surface area (Å²) < 4.78 is 4.88. The highest BCUT2D eigenvalue weighted by atomic mass is 31.1. The first-order valence-electron chi connectivity index (χ1n) is 7.34. The minimum Gasteiger partial charge on any atom is -0.264 e. The monoisotopic (exact) mass is 283 g/mol. The molecule has 20 heavy (non-hydrogen) atoms. The second-order valence-electron chi connectivity index (χ2n) is 4.78. The molecule has 0 radical (unpaired) electrons. The normalized spacial score (nSPS) is 11.3. The van der Waals surface area contributed by atoms with Crippen molar-refractivity contribution in [1.29, 1.82) is 0 Å². The molecule has 0 aliphatic carbocycles. The Bertz CT molecular complexity index is 468. The van der Waals surface area contributed by atoms with Crippen LogP contribution in [0.3, 0.4) is 0 Å². The largest absolute Gasteiger partial charge is 0.264 e. The quantitative estimate of drug-likeness (QED) is 0.397. The number of nitrogens with zero attached hydrogens (tertiary/aromatic N) is 1. The predicted octanol–water partition coefficient (Wildman–Crippen LogP) is 4.69. The Morgan fingerprint density at radius 1 is 0.850 bits per heavy atom. The molecule has 0 heterocycles. The summed E-state index contributed by atoms with van der Waals surface area (Å²) in [5.74, 6) is 0. The molecule has 0 spiro atoms. The van der Waals surface area contributed by atoms with Crippen molar-refractivity contribution in [2.75, 3.05) is 0 Å². The molecule has 0 aliphatic heterocycles. The summed E-state index contributed by atoms with van der Waals surface area (Å²) in [6.45, 7) is 2.23. The van der Waals surface area contributed by atoms with Crippen LogP contribution in [0.4, 0.5) is 0 Å². The summed E-state index contributed by atoms with van der Waals surface area (Å²) in [4.78, 5) is 0. The molecule has 0 aliphatic rings. The van der Waals surface area contributed by atoms with Crippen molar-refractivity contribution in [3.63, 3.8) is 0 Å². The van der Waals surface area contributed by atoms with E-state index in [4.69, 9.17) is 4.76 Å². The van der Waals surface area contributed by atoms with E-state index in [0.29, 0.717) is 0 Å². The van der Waals surface area contributed by atoms with Crippen molar-refractivity contribution in [1.82, 2.24) is 0 Å². The van der Waals surface area contributed by atoms with Crippen molar-refractivity contribution in [2.45, 2.75) is 32.6 Å². The van der Waals surface area contributed by atoms with Crippen molar-refractivity contribution in [3.8, 4) is 0 Å².